The molecule has 3 aliphatic heterocycles. The van der Waals surface area contributed by atoms with Gasteiger partial charge in [-0.3, -0.25) is 14.5 Å². The van der Waals surface area contributed by atoms with Crippen molar-refractivity contribution in [1.29, 1.82) is 0 Å². The quantitative estimate of drug-likeness (QED) is 0.718. The molecule has 8 heteroatoms. The van der Waals surface area contributed by atoms with Crippen molar-refractivity contribution in [3.8, 4) is 11.5 Å². The summed E-state index contributed by atoms with van der Waals surface area (Å²) < 4.78 is 29.9. The number of hydrogen-bond acceptors (Lipinski definition) is 8. The number of rotatable bonds is 4. The number of benzene rings is 1. The number of likely N-dealkylation sites (N-methyl/N-ethyl adjacent to an activating group) is 1. The van der Waals surface area contributed by atoms with E-state index in [0.29, 0.717) is 37.2 Å². The predicted molar refractivity (Wildman–Crippen MR) is 107 cm³/mol. The van der Waals surface area contributed by atoms with Gasteiger partial charge < -0.3 is 23.7 Å². The zero-order valence-corrected chi connectivity index (χ0v) is 18.2. The minimum Gasteiger partial charge on any atom is -0.454 e. The van der Waals surface area contributed by atoms with E-state index >= 15 is 0 Å². The maximum absolute atomic E-state index is 13.5. The molecule has 8 nitrogen and oxygen atoms in total. The van der Waals surface area contributed by atoms with Crippen molar-refractivity contribution in [3.05, 3.63) is 23.3 Å². The van der Waals surface area contributed by atoms with Gasteiger partial charge in [0.05, 0.1) is 11.6 Å². The van der Waals surface area contributed by atoms with Crippen molar-refractivity contribution >= 4 is 11.6 Å². The smallest absolute Gasteiger partial charge is 0.231 e. The Balaban J connectivity index is 1.66. The van der Waals surface area contributed by atoms with Crippen molar-refractivity contribution < 1.29 is 33.3 Å². The van der Waals surface area contributed by atoms with E-state index in [2.05, 4.69) is 4.90 Å². The van der Waals surface area contributed by atoms with Crippen LogP contribution in [0.5, 0.6) is 11.5 Å². The lowest BCUT2D eigenvalue weighted by atomic mass is 9.51. The first-order valence-corrected chi connectivity index (χ1v) is 10.8. The molecule has 5 aliphatic rings. The summed E-state index contributed by atoms with van der Waals surface area (Å²) >= 11 is 0. The molecular weight excluding hydrogens is 402 g/mol. The third-order valence-electron chi connectivity index (χ3n) is 8.48. The summed E-state index contributed by atoms with van der Waals surface area (Å²) in [5.74, 6) is 0.197. The fourth-order valence-electron chi connectivity index (χ4n) is 7.53. The Kier molecular flexibility index (Phi) is 3.85. The van der Waals surface area contributed by atoms with Crippen molar-refractivity contribution in [2.24, 2.45) is 0 Å². The molecular formula is C23H27NO7. The summed E-state index contributed by atoms with van der Waals surface area (Å²) in [5.41, 5.74) is 0.843. The molecule has 2 saturated heterocycles. The highest BCUT2D eigenvalue weighted by Gasteiger charge is 2.83. The highest BCUT2D eigenvalue weighted by atomic mass is 16.7. The topological polar surface area (TPSA) is 83.5 Å². The Bertz CT molecular complexity index is 1010. The van der Waals surface area contributed by atoms with Crippen molar-refractivity contribution in [2.45, 2.75) is 67.6 Å². The van der Waals surface area contributed by atoms with Gasteiger partial charge in [0, 0.05) is 44.9 Å². The van der Waals surface area contributed by atoms with Crippen LogP contribution in [0.25, 0.3) is 0 Å². The molecule has 0 amide bonds. The Labute approximate surface area is 180 Å². The van der Waals surface area contributed by atoms with Gasteiger partial charge in [0.2, 0.25) is 12.6 Å². The van der Waals surface area contributed by atoms with Crippen LogP contribution < -0.4 is 9.47 Å². The largest absolute Gasteiger partial charge is 0.454 e. The number of hydrogen-bond donors (Lipinski definition) is 0. The molecule has 0 N–H and O–H groups in total. The minimum atomic E-state index is -1.27. The zero-order chi connectivity index (χ0) is 21.8. The molecule has 1 saturated carbocycles. The van der Waals surface area contributed by atoms with E-state index in [1.807, 2.05) is 19.2 Å². The number of fused-ring (bicyclic) bond motifs is 4. The third-order valence-corrected chi connectivity index (χ3v) is 8.48. The number of nitrogens with zero attached hydrogens (tertiary/aromatic N) is 1. The van der Waals surface area contributed by atoms with E-state index in [1.165, 1.54) is 7.11 Å². The molecule has 2 bridgehead atoms. The summed E-state index contributed by atoms with van der Waals surface area (Å²) in [6.07, 6.45) is 0.918. The molecule has 1 aromatic rings. The maximum atomic E-state index is 13.5. The Morgan fingerprint density at radius 2 is 1.97 bits per heavy atom. The fraction of sp³-hybridized carbons (Fsp3) is 0.652. The van der Waals surface area contributed by atoms with Crippen LogP contribution in [-0.2, 0) is 29.2 Å². The van der Waals surface area contributed by atoms with Crippen LogP contribution in [0.1, 0.15) is 49.8 Å². The number of carbonyl (C=O) groups is 2. The second-order valence-corrected chi connectivity index (χ2v) is 9.55. The molecule has 0 radical (unpaired) electrons. The number of likely N-dealkylation sites (tertiary alicyclic amines) is 1. The average molecular weight is 429 g/mol. The minimum absolute atomic E-state index is 0.0332. The molecule has 6 atom stereocenters. The van der Waals surface area contributed by atoms with Gasteiger partial charge >= 0.3 is 0 Å². The summed E-state index contributed by atoms with van der Waals surface area (Å²) in [7, 11) is 5.16. The Morgan fingerprint density at radius 1 is 1.23 bits per heavy atom. The number of Topliss-reactive ketones (excluding diaryl/α,β-unsaturated/α-hetero) is 2. The molecule has 0 aromatic heterocycles. The van der Waals surface area contributed by atoms with Crippen molar-refractivity contribution in [2.75, 3.05) is 28.1 Å². The Morgan fingerprint density at radius 3 is 2.65 bits per heavy atom. The number of methoxy groups -OCH3 is 2. The van der Waals surface area contributed by atoms with E-state index in [4.69, 9.17) is 23.7 Å². The molecule has 166 valence electrons. The van der Waals surface area contributed by atoms with E-state index < -0.39 is 22.8 Å². The molecule has 31 heavy (non-hydrogen) atoms. The highest BCUT2D eigenvalue weighted by molar-refractivity contribution is 5.89. The van der Waals surface area contributed by atoms with Gasteiger partial charge in [-0.25, -0.2) is 0 Å². The van der Waals surface area contributed by atoms with Crippen molar-refractivity contribution in [3.63, 3.8) is 0 Å². The number of ether oxygens (including phenoxy) is 5. The van der Waals surface area contributed by atoms with Gasteiger partial charge in [-0.1, -0.05) is 0 Å². The third kappa shape index (κ3) is 2.01. The summed E-state index contributed by atoms with van der Waals surface area (Å²) in [6.45, 7) is 1.80. The Hall–Kier alpha value is -2.00. The standard InChI is InChI=1S/C23H27NO7/c1-12(25)5-13-8-21-9-16(26)20(27-3)23(28-4)22(21,24(13)2)10-19(31-23)14-6-17-18(7-15(14)21)30-11-29-17/h6-7,13,19-20H,5,8-11H2,1-4H3/t13-,19-,20-,21-,22-,23-/m0/s1. The van der Waals surface area contributed by atoms with Crippen molar-refractivity contribution in [1.82, 2.24) is 4.90 Å². The first-order valence-electron chi connectivity index (χ1n) is 10.8. The second-order valence-electron chi connectivity index (χ2n) is 9.55. The summed E-state index contributed by atoms with van der Waals surface area (Å²) in [6, 6.07) is 3.99. The first kappa shape index (κ1) is 19.7. The zero-order valence-electron chi connectivity index (χ0n) is 18.2. The van der Waals surface area contributed by atoms with Gasteiger partial charge in [-0.15, -0.1) is 0 Å². The van der Waals surface area contributed by atoms with Crippen LogP contribution >= 0.6 is 0 Å². The lowest BCUT2D eigenvalue weighted by Crippen LogP contribution is -2.77. The summed E-state index contributed by atoms with van der Waals surface area (Å²) in [5, 5.41) is 0. The van der Waals surface area contributed by atoms with E-state index in [1.54, 1.807) is 14.0 Å². The molecule has 1 aromatic carbocycles. The van der Waals surface area contributed by atoms with E-state index in [-0.39, 0.29) is 30.5 Å². The molecule has 3 heterocycles. The lowest BCUT2D eigenvalue weighted by molar-refractivity contribution is -0.310. The monoisotopic (exact) mass is 429 g/mol. The first-order chi connectivity index (χ1) is 14.8. The molecule has 0 unspecified atom stereocenters. The van der Waals surface area contributed by atoms with Crippen LogP contribution in [0, 0.1) is 0 Å². The molecule has 2 aliphatic carbocycles. The van der Waals surface area contributed by atoms with Gasteiger partial charge in [-0.05, 0) is 43.7 Å². The highest BCUT2D eigenvalue weighted by Crippen LogP contribution is 2.73. The summed E-state index contributed by atoms with van der Waals surface area (Å²) in [4.78, 5) is 27.9. The molecule has 6 rings (SSSR count). The van der Waals surface area contributed by atoms with Crippen LogP contribution in [0.15, 0.2) is 12.1 Å². The van der Waals surface area contributed by atoms with Crippen LogP contribution in [0.3, 0.4) is 0 Å². The molecule has 1 spiro atoms. The normalized spacial score (nSPS) is 41.9. The number of ketones is 2. The van der Waals surface area contributed by atoms with Crippen LogP contribution in [0.2, 0.25) is 0 Å². The van der Waals surface area contributed by atoms with Gasteiger partial charge in [0.25, 0.3) is 0 Å². The van der Waals surface area contributed by atoms with E-state index in [9.17, 15) is 9.59 Å². The fourth-order valence-corrected chi connectivity index (χ4v) is 7.53. The van der Waals surface area contributed by atoms with Crippen LogP contribution in [0.4, 0.5) is 0 Å². The van der Waals surface area contributed by atoms with Gasteiger partial charge in [-0.2, -0.15) is 0 Å². The van der Waals surface area contributed by atoms with Crippen LogP contribution in [-0.4, -0.2) is 68.0 Å². The van der Waals surface area contributed by atoms with E-state index in [0.717, 1.165) is 11.1 Å². The predicted octanol–water partition coefficient (Wildman–Crippen LogP) is 1.88. The number of carbonyl (C=O) groups excluding carboxylic acids is 2. The van der Waals surface area contributed by atoms with Gasteiger partial charge in [0.1, 0.15) is 5.78 Å². The molecule has 3 fully saturated rings. The second kappa shape index (κ2) is 6.07. The maximum Gasteiger partial charge on any atom is 0.231 e. The lowest BCUT2D eigenvalue weighted by Gasteiger charge is -2.59. The SMILES string of the molecule is CO[C@H]1C(=O)C[C@]23C[C@H](CC(C)=O)N(C)[C@@]24C[C@H](O[C@@]14OC)c1cc2c(cc13)OCO2. The average Bonchev–Trinajstić information content (AvgIpc) is 3.38. The van der Waals surface area contributed by atoms with Gasteiger partial charge in [0.15, 0.2) is 23.4 Å².